The topological polar surface area (TPSA) is 127 Å². The van der Waals surface area contributed by atoms with E-state index in [-0.39, 0.29) is 43.8 Å². The molecule has 0 spiro atoms. The van der Waals surface area contributed by atoms with E-state index in [4.69, 9.17) is 0 Å². The average Bonchev–Trinajstić information content (AvgIpc) is 3.29. The van der Waals surface area contributed by atoms with Gasteiger partial charge in [-0.1, -0.05) is 11.6 Å². The minimum absolute atomic E-state index is 0.118. The Morgan fingerprint density at radius 2 is 1.93 bits per heavy atom. The van der Waals surface area contributed by atoms with E-state index in [2.05, 4.69) is 30.3 Å². The molecule has 2 saturated carbocycles. The largest absolute Gasteiger partial charge is 0.408 e. The molecular formula is C25H28F5N7O3. The van der Waals surface area contributed by atoms with Crippen molar-refractivity contribution in [3.63, 3.8) is 0 Å². The zero-order valence-electron chi connectivity index (χ0n) is 21.4. The summed E-state index contributed by atoms with van der Waals surface area (Å²) in [6, 6.07) is -0.155. The second-order valence-electron chi connectivity index (χ2n) is 10.5. The minimum Gasteiger partial charge on any atom is -0.345 e. The maximum absolute atomic E-state index is 12.9. The highest BCUT2D eigenvalue weighted by Gasteiger charge is 2.47. The minimum atomic E-state index is -4.46. The zero-order chi connectivity index (χ0) is 28.5. The number of nitrogens with zero attached hydrogens (tertiary/aromatic N) is 5. The smallest absolute Gasteiger partial charge is 0.345 e. The second kappa shape index (κ2) is 11.1. The molecule has 1 saturated heterocycles. The van der Waals surface area contributed by atoms with Crippen LogP contribution >= 0.6 is 0 Å². The molecule has 0 bridgehead atoms. The number of fused-ring (bicyclic) bond motifs is 1. The lowest BCUT2D eigenvalue weighted by atomic mass is 9.97. The van der Waals surface area contributed by atoms with Gasteiger partial charge in [-0.05, 0) is 55.3 Å². The number of carbonyl (C=O) groups is 2. The average molecular weight is 570 g/mol. The van der Waals surface area contributed by atoms with E-state index in [1.807, 2.05) is 5.32 Å². The van der Waals surface area contributed by atoms with Gasteiger partial charge < -0.3 is 10.6 Å². The van der Waals surface area contributed by atoms with E-state index in [1.54, 1.807) is 12.3 Å². The summed E-state index contributed by atoms with van der Waals surface area (Å²) < 4.78 is 69.2. The molecule has 0 aromatic carbocycles. The Labute approximate surface area is 225 Å². The number of alkyl halides is 5. The molecule has 4 heterocycles. The first-order valence-corrected chi connectivity index (χ1v) is 13.2. The molecule has 3 aromatic rings. The number of carbonyl (C=O) groups excluding carboxylic acids is 2. The molecule has 216 valence electrons. The Morgan fingerprint density at radius 1 is 1.18 bits per heavy atom. The maximum Gasteiger partial charge on any atom is 0.408 e. The third-order valence-corrected chi connectivity index (χ3v) is 7.22. The van der Waals surface area contributed by atoms with Crippen molar-refractivity contribution in [1.82, 2.24) is 35.5 Å². The molecule has 1 aliphatic heterocycles. The quantitative estimate of drug-likeness (QED) is 0.428. The van der Waals surface area contributed by atoms with Crippen molar-refractivity contribution in [3.05, 3.63) is 41.1 Å². The van der Waals surface area contributed by atoms with Gasteiger partial charge in [-0.3, -0.25) is 9.59 Å². The number of rotatable bonds is 6. The summed E-state index contributed by atoms with van der Waals surface area (Å²) >= 11 is 0. The van der Waals surface area contributed by atoms with Crippen LogP contribution in [0.25, 0.3) is 5.65 Å². The van der Waals surface area contributed by atoms with Crippen LogP contribution in [0.4, 0.5) is 22.0 Å². The molecule has 3 aromatic heterocycles. The molecule has 2 aliphatic carbocycles. The molecule has 0 radical (unpaired) electrons. The molecule has 10 nitrogen and oxygen atoms in total. The molecule has 2 N–H and O–H groups in total. The normalized spacial score (nSPS) is 22.5. The Balaban J connectivity index is 0.000000348. The summed E-state index contributed by atoms with van der Waals surface area (Å²) in [6.45, 7) is 0.118. The number of amides is 2. The molecule has 3 fully saturated rings. The standard InChI is InChI=1S/C19H18F3N7O3.C6H10F2/c20-19(21,22)13-5-11(17(30)26-13)3-9-4-14-25-12(8-29(14)24-6-9)7-23-18(31)16-15(10-1-2-10)27-32-28-16;7-6(8)4-2-1-3-5-6/h4,6,8,10-11,13H,1-3,5,7H2,(H,23,31)(H,26,30);1-5H2/t11-,13?;/m0./s1. The highest BCUT2D eigenvalue weighted by Crippen LogP contribution is 2.40. The van der Waals surface area contributed by atoms with Crippen molar-refractivity contribution in [2.45, 2.75) is 88.4 Å². The number of nitrogens with one attached hydrogen (secondary N) is 2. The van der Waals surface area contributed by atoms with Crippen molar-refractivity contribution in [1.29, 1.82) is 0 Å². The first kappa shape index (κ1) is 27.9. The van der Waals surface area contributed by atoms with Gasteiger partial charge in [0.15, 0.2) is 11.3 Å². The van der Waals surface area contributed by atoms with Crippen LogP contribution in [-0.2, 0) is 17.8 Å². The first-order chi connectivity index (χ1) is 19.0. The Morgan fingerprint density at radius 3 is 2.55 bits per heavy atom. The Hall–Kier alpha value is -3.65. The fraction of sp³-hybridized carbons (Fsp3) is 0.600. The van der Waals surface area contributed by atoms with Crippen molar-refractivity contribution in [2.75, 3.05) is 0 Å². The van der Waals surface area contributed by atoms with Crippen LogP contribution in [0.5, 0.6) is 0 Å². The summed E-state index contributed by atoms with van der Waals surface area (Å²) in [5.41, 5.74) is 2.32. The molecule has 15 heteroatoms. The van der Waals surface area contributed by atoms with Crippen LogP contribution in [0.1, 0.15) is 84.7 Å². The van der Waals surface area contributed by atoms with Crippen molar-refractivity contribution < 1.29 is 36.2 Å². The van der Waals surface area contributed by atoms with Crippen molar-refractivity contribution >= 4 is 17.5 Å². The van der Waals surface area contributed by atoms with E-state index in [0.717, 1.165) is 19.3 Å². The Bertz CT molecular complexity index is 1360. The Kier molecular flexibility index (Phi) is 7.73. The lowest BCUT2D eigenvalue weighted by molar-refractivity contribution is -0.154. The van der Waals surface area contributed by atoms with E-state index in [0.29, 0.717) is 35.4 Å². The van der Waals surface area contributed by atoms with Gasteiger partial charge in [-0.25, -0.2) is 22.9 Å². The SMILES string of the molecule is FC1(F)CCCCC1.O=C(NCc1cn2ncc(C[C@H]3CC(C(F)(F)F)NC3=O)cc2n1)c1nonc1C1CC1. The lowest BCUT2D eigenvalue weighted by Crippen LogP contribution is -2.38. The van der Waals surface area contributed by atoms with Crippen LogP contribution in [-0.4, -0.2) is 54.9 Å². The van der Waals surface area contributed by atoms with Gasteiger partial charge in [-0.15, -0.1) is 0 Å². The lowest BCUT2D eigenvalue weighted by Gasteiger charge is -2.20. The highest BCUT2D eigenvalue weighted by atomic mass is 19.4. The van der Waals surface area contributed by atoms with Crippen LogP contribution in [0.2, 0.25) is 0 Å². The number of aromatic nitrogens is 5. The molecule has 3 aliphatic rings. The van der Waals surface area contributed by atoms with Gasteiger partial charge in [0.05, 0.1) is 24.6 Å². The predicted octanol–water partition coefficient (Wildman–Crippen LogP) is 4.12. The number of imidazole rings is 1. The van der Waals surface area contributed by atoms with E-state index in [9.17, 15) is 31.5 Å². The monoisotopic (exact) mass is 569 g/mol. The van der Waals surface area contributed by atoms with E-state index in [1.165, 1.54) is 10.7 Å². The summed E-state index contributed by atoms with van der Waals surface area (Å²) in [6.07, 6.45) is 3.05. The highest BCUT2D eigenvalue weighted by molar-refractivity contribution is 5.93. The zero-order valence-corrected chi connectivity index (χ0v) is 21.4. The molecule has 6 rings (SSSR count). The number of hydrogen-bond donors (Lipinski definition) is 2. The molecule has 2 amide bonds. The van der Waals surface area contributed by atoms with Gasteiger partial charge in [-0.2, -0.15) is 18.3 Å². The molecule has 40 heavy (non-hydrogen) atoms. The fourth-order valence-corrected chi connectivity index (χ4v) is 4.88. The summed E-state index contributed by atoms with van der Waals surface area (Å²) in [5, 5.41) is 16.4. The third-order valence-electron chi connectivity index (χ3n) is 7.22. The van der Waals surface area contributed by atoms with Gasteiger partial charge in [0.2, 0.25) is 11.8 Å². The van der Waals surface area contributed by atoms with E-state index < -0.39 is 35.9 Å². The fourth-order valence-electron chi connectivity index (χ4n) is 4.88. The van der Waals surface area contributed by atoms with E-state index >= 15 is 0 Å². The van der Waals surface area contributed by atoms with Crippen LogP contribution in [0, 0.1) is 5.92 Å². The summed E-state index contributed by atoms with van der Waals surface area (Å²) in [7, 11) is 0. The predicted molar refractivity (Wildman–Crippen MR) is 128 cm³/mol. The van der Waals surface area contributed by atoms with Gasteiger partial charge in [0, 0.05) is 24.7 Å². The first-order valence-electron chi connectivity index (χ1n) is 13.2. The molecule has 2 atom stereocenters. The molecule has 1 unspecified atom stereocenters. The number of hydrogen-bond acceptors (Lipinski definition) is 7. The maximum atomic E-state index is 12.9. The molecular weight excluding hydrogens is 541 g/mol. The summed E-state index contributed by atoms with van der Waals surface area (Å²) in [5.74, 6) is -3.92. The van der Waals surface area contributed by atoms with Crippen LogP contribution in [0.3, 0.4) is 0 Å². The second-order valence-corrected chi connectivity index (χ2v) is 10.5. The van der Waals surface area contributed by atoms with Crippen LogP contribution in [0.15, 0.2) is 23.1 Å². The van der Waals surface area contributed by atoms with Gasteiger partial charge >= 0.3 is 6.18 Å². The van der Waals surface area contributed by atoms with Crippen molar-refractivity contribution in [2.24, 2.45) is 5.92 Å². The van der Waals surface area contributed by atoms with Crippen LogP contribution < -0.4 is 10.6 Å². The number of halogens is 5. The summed E-state index contributed by atoms with van der Waals surface area (Å²) in [4.78, 5) is 28.7. The third kappa shape index (κ3) is 6.73. The van der Waals surface area contributed by atoms with Gasteiger partial charge in [0.25, 0.3) is 5.91 Å². The van der Waals surface area contributed by atoms with Crippen molar-refractivity contribution in [3.8, 4) is 0 Å². The van der Waals surface area contributed by atoms with Gasteiger partial charge in [0.1, 0.15) is 11.7 Å².